The molecule has 24 heavy (non-hydrogen) atoms. The van der Waals surface area contributed by atoms with Gasteiger partial charge in [0.1, 0.15) is 5.82 Å². The van der Waals surface area contributed by atoms with Crippen LogP contribution in [0.4, 0.5) is 4.39 Å². The van der Waals surface area contributed by atoms with Gasteiger partial charge >= 0.3 is 0 Å². The van der Waals surface area contributed by atoms with Gasteiger partial charge in [0.25, 0.3) is 0 Å². The van der Waals surface area contributed by atoms with Crippen molar-refractivity contribution in [3.05, 3.63) is 71.5 Å². The Hall–Kier alpha value is -1.71. The number of nitrogens with zero attached hydrogens (tertiary/aromatic N) is 1. The summed E-state index contributed by atoms with van der Waals surface area (Å²) in [5.74, 6) is 0.650. The lowest BCUT2D eigenvalue weighted by Gasteiger charge is -2.51. The van der Waals surface area contributed by atoms with Gasteiger partial charge in [-0.2, -0.15) is 0 Å². The number of nitrogens with one attached hydrogen (secondary N) is 1. The molecular weight excluding hydrogens is 299 g/mol. The summed E-state index contributed by atoms with van der Waals surface area (Å²) in [4.78, 5) is 2.56. The highest BCUT2D eigenvalue weighted by Gasteiger charge is 2.41. The van der Waals surface area contributed by atoms with Gasteiger partial charge in [-0.05, 0) is 55.5 Å². The molecule has 0 unspecified atom stereocenters. The van der Waals surface area contributed by atoms with Gasteiger partial charge in [-0.1, -0.05) is 48.5 Å². The van der Waals surface area contributed by atoms with E-state index in [1.165, 1.54) is 18.4 Å². The van der Waals surface area contributed by atoms with Gasteiger partial charge in [-0.15, -0.1) is 0 Å². The molecule has 2 bridgehead atoms. The number of halogens is 1. The Kier molecular flexibility index (Phi) is 4.63. The van der Waals surface area contributed by atoms with Crippen LogP contribution in [-0.4, -0.2) is 30.1 Å². The number of hydrogen-bond acceptors (Lipinski definition) is 2. The molecule has 126 valence electrons. The van der Waals surface area contributed by atoms with Crippen molar-refractivity contribution in [2.75, 3.05) is 13.1 Å². The molecule has 0 radical (unpaired) electrons. The largest absolute Gasteiger partial charge is 0.308 e. The predicted octanol–water partition coefficient (Wildman–Crippen LogP) is 3.62. The molecule has 5 rings (SSSR count). The average molecular weight is 324 g/mol. The van der Waals surface area contributed by atoms with Crippen LogP contribution in [0.25, 0.3) is 0 Å². The SMILES string of the molecule is Fc1ccccc1C[C@H]1[C@H](NCc2ccccc2)C2CCN1CC2. The Labute approximate surface area is 143 Å². The maximum Gasteiger partial charge on any atom is 0.126 e. The van der Waals surface area contributed by atoms with Crippen molar-refractivity contribution in [1.82, 2.24) is 10.2 Å². The Morgan fingerprint density at radius 1 is 0.958 bits per heavy atom. The molecule has 2 aromatic rings. The molecule has 3 saturated heterocycles. The van der Waals surface area contributed by atoms with Gasteiger partial charge in [-0.25, -0.2) is 4.39 Å². The van der Waals surface area contributed by atoms with E-state index >= 15 is 0 Å². The quantitative estimate of drug-likeness (QED) is 0.904. The third-order valence-electron chi connectivity index (χ3n) is 5.74. The first-order chi connectivity index (χ1) is 11.8. The molecule has 0 aromatic heterocycles. The van der Waals surface area contributed by atoms with E-state index in [2.05, 4.69) is 40.5 Å². The fourth-order valence-corrected chi connectivity index (χ4v) is 4.43. The molecule has 0 spiro atoms. The van der Waals surface area contributed by atoms with Crippen molar-refractivity contribution >= 4 is 0 Å². The fraction of sp³-hybridized carbons (Fsp3) is 0.429. The second-order valence-corrected chi connectivity index (χ2v) is 7.13. The third kappa shape index (κ3) is 3.24. The topological polar surface area (TPSA) is 15.3 Å². The highest BCUT2D eigenvalue weighted by Crippen LogP contribution is 2.34. The molecule has 0 aliphatic carbocycles. The minimum Gasteiger partial charge on any atom is -0.308 e. The van der Waals surface area contributed by atoms with E-state index in [1.807, 2.05) is 12.1 Å². The summed E-state index contributed by atoms with van der Waals surface area (Å²) in [5, 5.41) is 3.80. The third-order valence-corrected chi connectivity index (χ3v) is 5.74. The molecule has 3 heteroatoms. The average Bonchev–Trinajstić information content (AvgIpc) is 2.64. The van der Waals surface area contributed by atoms with Crippen molar-refractivity contribution < 1.29 is 4.39 Å². The van der Waals surface area contributed by atoms with Crippen LogP contribution in [0.1, 0.15) is 24.0 Å². The zero-order chi connectivity index (χ0) is 16.4. The second kappa shape index (κ2) is 7.04. The Morgan fingerprint density at radius 2 is 1.67 bits per heavy atom. The molecule has 0 amide bonds. The lowest BCUT2D eigenvalue weighted by atomic mass is 9.76. The summed E-state index contributed by atoms with van der Waals surface area (Å²) < 4.78 is 14.1. The molecule has 3 aliphatic rings. The molecule has 3 fully saturated rings. The first-order valence-corrected chi connectivity index (χ1v) is 9.06. The molecule has 2 atom stereocenters. The number of piperidine rings is 3. The zero-order valence-corrected chi connectivity index (χ0v) is 14.0. The highest BCUT2D eigenvalue weighted by molar-refractivity contribution is 5.20. The minimum absolute atomic E-state index is 0.0676. The smallest absolute Gasteiger partial charge is 0.126 e. The first-order valence-electron chi connectivity index (χ1n) is 9.06. The van der Waals surface area contributed by atoms with Gasteiger partial charge in [0.2, 0.25) is 0 Å². The van der Waals surface area contributed by atoms with E-state index < -0.39 is 0 Å². The molecule has 1 N–H and O–H groups in total. The minimum atomic E-state index is -0.0676. The Morgan fingerprint density at radius 3 is 2.42 bits per heavy atom. The van der Waals surface area contributed by atoms with Crippen LogP contribution >= 0.6 is 0 Å². The van der Waals surface area contributed by atoms with E-state index in [9.17, 15) is 4.39 Å². The van der Waals surface area contributed by atoms with Gasteiger partial charge in [0.05, 0.1) is 0 Å². The number of rotatable bonds is 5. The maximum absolute atomic E-state index is 14.1. The van der Waals surface area contributed by atoms with Crippen LogP contribution in [0.2, 0.25) is 0 Å². The van der Waals surface area contributed by atoms with E-state index in [0.29, 0.717) is 12.1 Å². The lowest BCUT2D eigenvalue weighted by Crippen LogP contribution is -2.63. The van der Waals surface area contributed by atoms with E-state index in [1.54, 1.807) is 12.1 Å². The Balaban J connectivity index is 1.50. The normalized spacial score (nSPS) is 28.9. The van der Waals surface area contributed by atoms with Crippen molar-refractivity contribution in [2.45, 2.75) is 37.9 Å². The molecule has 3 aliphatic heterocycles. The highest BCUT2D eigenvalue weighted by atomic mass is 19.1. The molecular formula is C21H25FN2. The van der Waals surface area contributed by atoms with E-state index in [-0.39, 0.29) is 5.82 Å². The van der Waals surface area contributed by atoms with Crippen LogP contribution in [0.3, 0.4) is 0 Å². The summed E-state index contributed by atoms with van der Waals surface area (Å²) in [6, 6.07) is 18.7. The maximum atomic E-state index is 14.1. The number of fused-ring (bicyclic) bond motifs is 3. The predicted molar refractivity (Wildman–Crippen MR) is 95.3 cm³/mol. The standard InChI is InChI=1S/C21H25FN2/c22-19-9-5-4-8-18(19)14-20-21(17-10-12-24(20)13-11-17)23-15-16-6-2-1-3-7-16/h1-9,17,20-21,23H,10-15H2/t20-,21+/m0/s1. The van der Waals surface area contributed by atoms with Crippen LogP contribution in [0.15, 0.2) is 54.6 Å². The molecule has 2 aromatic carbocycles. The molecule has 0 saturated carbocycles. The zero-order valence-electron chi connectivity index (χ0n) is 14.0. The van der Waals surface area contributed by atoms with Crippen molar-refractivity contribution in [2.24, 2.45) is 5.92 Å². The van der Waals surface area contributed by atoms with E-state index in [4.69, 9.17) is 0 Å². The molecule has 2 nitrogen and oxygen atoms in total. The van der Waals surface area contributed by atoms with Crippen LogP contribution in [-0.2, 0) is 13.0 Å². The van der Waals surface area contributed by atoms with E-state index in [0.717, 1.165) is 37.5 Å². The number of hydrogen-bond donors (Lipinski definition) is 1. The second-order valence-electron chi connectivity index (χ2n) is 7.13. The summed E-state index contributed by atoms with van der Waals surface area (Å²) >= 11 is 0. The summed E-state index contributed by atoms with van der Waals surface area (Å²) in [5.41, 5.74) is 2.17. The van der Waals surface area contributed by atoms with Crippen molar-refractivity contribution in [3.8, 4) is 0 Å². The summed E-state index contributed by atoms with van der Waals surface area (Å²) in [7, 11) is 0. The van der Waals surface area contributed by atoms with Gasteiger partial charge < -0.3 is 5.32 Å². The van der Waals surface area contributed by atoms with Crippen LogP contribution in [0.5, 0.6) is 0 Å². The van der Waals surface area contributed by atoms with Crippen LogP contribution < -0.4 is 5.32 Å². The summed E-state index contributed by atoms with van der Waals surface area (Å²) in [6.45, 7) is 3.21. The lowest BCUT2D eigenvalue weighted by molar-refractivity contribution is 0.0123. The van der Waals surface area contributed by atoms with Gasteiger partial charge in [-0.3, -0.25) is 4.90 Å². The number of benzene rings is 2. The monoisotopic (exact) mass is 324 g/mol. The van der Waals surface area contributed by atoms with Crippen LogP contribution in [0, 0.1) is 11.7 Å². The Bertz CT molecular complexity index is 665. The first kappa shape index (κ1) is 15.8. The summed E-state index contributed by atoms with van der Waals surface area (Å²) in [6.07, 6.45) is 3.33. The van der Waals surface area contributed by atoms with Crippen molar-refractivity contribution in [1.29, 1.82) is 0 Å². The fourth-order valence-electron chi connectivity index (χ4n) is 4.43. The molecule has 3 heterocycles. The van der Waals surface area contributed by atoms with Crippen molar-refractivity contribution in [3.63, 3.8) is 0 Å². The van der Waals surface area contributed by atoms with Gasteiger partial charge in [0.15, 0.2) is 0 Å². The van der Waals surface area contributed by atoms with Gasteiger partial charge in [0, 0.05) is 18.6 Å².